The number of anilines is 1. The molecule has 0 radical (unpaired) electrons. The second-order valence-corrected chi connectivity index (χ2v) is 9.69. The van der Waals surface area contributed by atoms with Crippen LogP contribution in [-0.2, 0) is 10.0 Å². The first-order valence-electron chi connectivity index (χ1n) is 9.66. The van der Waals surface area contributed by atoms with Gasteiger partial charge in [-0.15, -0.1) is 0 Å². The molecule has 1 amide bonds. The Labute approximate surface area is 180 Å². The highest BCUT2D eigenvalue weighted by molar-refractivity contribution is 7.88. The fourth-order valence-electron chi connectivity index (χ4n) is 3.56. The van der Waals surface area contributed by atoms with E-state index in [2.05, 4.69) is 10.0 Å². The summed E-state index contributed by atoms with van der Waals surface area (Å²) in [6.07, 6.45) is 1.14. The monoisotopic (exact) mass is 462 g/mol. The topological polar surface area (TPSA) is 143 Å². The predicted molar refractivity (Wildman–Crippen MR) is 113 cm³/mol. The summed E-state index contributed by atoms with van der Waals surface area (Å²) in [5, 5.41) is 13.5. The van der Waals surface area contributed by atoms with Crippen molar-refractivity contribution >= 4 is 33.2 Å². The lowest BCUT2D eigenvalue weighted by atomic mass is 9.93. The summed E-state index contributed by atoms with van der Waals surface area (Å²) >= 11 is 6.14. The van der Waals surface area contributed by atoms with Crippen molar-refractivity contribution in [1.82, 2.24) is 14.9 Å². The molecule has 1 fully saturated rings. The Bertz CT molecular complexity index is 897. The van der Waals surface area contributed by atoms with Gasteiger partial charge in [-0.25, -0.2) is 13.1 Å². The van der Waals surface area contributed by atoms with Gasteiger partial charge in [0.2, 0.25) is 10.0 Å². The summed E-state index contributed by atoms with van der Waals surface area (Å²) in [6, 6.07) is 1.46. The van der Waals surface area contributed by atoms with Crippen LogP contribution in [0.2, 0.25) is 5.02 Å². The van der Waals surface area contributed by atoms with Gasteiger partial charge in [-0.1, -0.05) is 11.6 Å². The second-order valence-electron chi connectivity index (χ2n) is 7.48. The number of nitrogens with one attached hydrogen (secondary N) is 2. The van der Waals surface area contributed by atoms with E-state index < -0.39 is 16.1 Å². The average Bonchev–Trinajstić information content (AvgIpc) is 2.69. The molecule has 0 aliphatic carbocycles. The van der Waals surface area contributed by atoms with E-state index in [9.17, 15) is 18.3 Å². The Morgan fingerprint density at radius 3 is 2.73 bits per heavy atom. The highest BCUT2D eigenvalue weighted by Gasteiger charge is 2.29. The Kier molecular flexibility index (Phi) is 7.30. The van der Waals surface area contributed by atoms with Crippen LogP contribution < -0.4 is 25.2 Å². The lowest BCUT2D eigenvalue weighted by Crippen LogP contribution is -2.49. The molecule has 2 heterocycles. The molecule has 2 atom stereocenters. The number of nitrogen functional groups attached to an aromatic ring is 1. The van der Waals surface area contributed by atoms with Crippen molar-refractivity contribution in [3.63, 3.8) is 0 Å². The van der Waals surface area contributed by atoms with Crippen LogP contribution in [0.4, 0.5) is 5.69 Å². The molecule has 12 heteroatoms. The standard InChI is InChI=1S/C18H27ClN4O6S/c1-30(26,27)22-3-5-23-4-2-11(14(24)10-23)9-21-18(25)12-8-13(20)15(19)17-16(12)28-6-7-29-17/h8,11,14,22,24H,2-7,9-10,20H2,1H3,(H,21,25)/t11-,14+/m0/s1. The third kappa shape index (κ3) is 5.67. The summed E-state index contributed by atoms with van der Waals surface area (Å²) in [5.74, 6) is 0.0358. The molecule has 1 aromatic rings. The lowest BCUT2D eigenvalue weighted by molar-refractivity contribution is 0.0231. The number of benzene rings is 1. The average molecular weight is 463 g/mol. The molecule has 5 N–H and O–H groups in total. The zero-order valence-corrected chi connectivity index (χ0v) is 18.3. The van der Waals surface area contributed by atoms with Crippen molar-refractivity contribution in [1.29, 1.82) is 0 Å². The number of hydrogen-bond acceptors (Lipinski definition) is 8. The number of nitrogens with two attached hydrogens (primary N) is 1. The predicted octanol–water partition coefficient (Wildman–Crippen LogP) is -0.345. The van der Waals surface area contributed by atoms with Crippen molar-refractivity contribution in [3.05, 3.63) is 16.7 Å². The molecule has 0 spiro atoms. The SMILES string of the molecule is CS(=O)(=O)NCCN1CC[C@@H](CNC(=O)c2cc(N)c(Cl)c3c2OCCO3)[C@H](O)C1. The number of halogens is 1. The Hall–Kier alpha value is -1.79. The third-order valence-corrected chi connectivity index (χ3v) is 6.27. The van der Waals surface area contributed by atoms with E-state index in [-0.39, 0.29) is 52.7 Å². The number of ether oxygens (including phenoxy) is 2. The summed E-state index contributed by atoms with van der Waals surface area (Å²) in [4.78, 5) is 14.7. The van der Waals surface area contributed by atoms with Crippen LogP contribution in [0.15, 0.2) is 6.07 Å². The van der Waals surface area contributed by atoms with Gasteiger partial charge in [0.25, 0.3) is 5.91 Å². The summed E-state index contributed by atoms with van der Waals surface area (Å²) < 4.78 is 35.8. The van der Waals surface area contributed by atoms with Crippen LogP contribution in [0.1, 0.15) is 16.8 Å². The van der Waals surface area contributed by atoms with E-state index in [0.717, 1.165) is 6.26 Å². The smallest absolute Gasteiger partial charge is 0.255 e. The number of fused-ring (bicyclic) bond motifs is 1. The molecule has 3 rings (SSSR count). The van der Waals surface area contributed by atoms with Gasteiger partial charge in [0.05, 0.1) is 23.6 Å². The van der Waals surface area contributed by atoms with Gasteiger partial charge in [-0.2, -0.15) is 0 Å². The number of aliphatic hydroxyl groups excluding tert-OH is 1. The number of carbonyl (C=O) groups is 1. The van der Waals surface area contributed by atoms with Crippen LogP contribution >= 0.6 is 11.6 Å². The summed E-state index contributed by atoms with van der Waals surface area (Å²) in [5.41, 5.74) is 6.36. The molecule has 0 aromatic heterocycles. The summed E-state index contributed by atoms with van der Waals surface area (Å²) in [6.45, 7) is 2.82. The highest BCUT2D eigenvalue weighted by Crippen LogP contribution is 2.43. The number of likely N-dealkylation sites (tertiary alicyclic amines) is 1. The molecule has 2 aliphatic heterocycles. The number of sulfonamides is 1. The van der Waals surface area contributed by atoms with Gasteiger partial charge in [-0.05, 0) is 19.0 Å². The van der Waals surface area contributed by atoms with Crippen LogP contribution in [0.5, 0.6) is 11.5 Å². The molecule has 1 saturated heterocycles. The normalized spacial score (nSPS) is 22.0. The van der Waals surface area contributed by atoms with Gasteiger partial charge in [0.15, 0.2) is 11.5 Å². The number of piperidine rings is 1. The van der Waals surface area contributed by atoms with Crippen LogP contribution in [0.3, 0.4) is 0 Å². The third-order valence-electron chi connectivity index (χ3n) is 5.15. The van der Waals surface area contributed by atoms with E-state index in [1.165, 1.54) is 6.07 Å². The van der Waals surface area contributed by atoms with Gasteiger partial charge in [-0.3, -0.25) is 9.69 Å². The van der Waals surface area contributed by atoms with E-state index in [0.29, 0.717) is 39.3 Å². The maximum absolute atomic E-state index is 12.7. The summed E-state index contributed by atoms with van der Waals surface area (Å²) in [7, 11) is -3.23. The zero-order chi connectivity index (χ0) is 21.9. The molecule has 168 valence electrons. The number of rotatable bonds is 7. The van der Waals surface area contributed by atoms with Crippen LogP contribution in [0, 0.1) is 5.92 Å². The molecule has 1 aromatic carbocycles. The van der Waals surface area contributed by atoms with Crippen LogP contribution in [0.25, 0.3) is 0 Å². The minimum atomic E-state index is -3.23. The minimum absolute atomic E-state index is 0.120. The number of aliphatic hydroxyl groups is 1. The van der Waals surface area contributed by atoms with E-state index in [1.54, 1.807) is 0 Å². The largest absolute Gasteiger partial charge is 0.485 e. The quantitative estimate of drug-likeness (QED) is 0.403. The van der Waals surface area contributed by atoms with E-state index in [1.807, 2.05) is 4.90 Å². The molecule has 0 saturated carbocycles. The van der Waals surface area contributed by atoms with Crippen molar-refractivity contribution < 1.29 is 27.8 Å². The number of hydrogen-bond donors (Lipinski definition) is 4. The van der Waals surface area contributed by atoms with Crippen molar-refractivity contribution in [2.45, 2.75) is 12.5 Å². The lowest BCUT2D eigenvalue weighted by Gasteiger charge is -2.36. The van der Waals surface area contributed by atoms with Crippen molar-refractivity contribution in [3.8, 4) is 11.5 Å². The molecular formula is C18H27ClN4O6S. The Morgan fingerprint density at radius 1 is 1.37 bits per heavy atom. The van der Waals surface area contributed by atoms with Gasteiger partial charge < -0.3 is 25.6 Å². The molecular weight excluding hydrogens is 436 g/mol. The number of carbonyl (C=O) groups excluding carboxylic acids is 1. The van der Waals surface area contributed by atoms with E-state index in [4.69, 9.17) is 26.8 Å². The Morgan fingerprint density at radius 2 is 2.07 bits per heavy atom. The maximum Gasteiger partial charge on any atom is 0.255 e. The number of nitrogens with zero attached hydrogens (tertiary/aromatic N) is 1. The fraction of sp³-hybridized carbons (Fsp3) is 0.611. The Balaban J connectivity index is 1.54. The minimum Gasteiger partial charge on any atom is -0.485 e. The molecule has 2 aliphatic rings. The second kappa shape index (κ2) is 9.56. The molecule has 0 bridgehead atoms. The number of β-amino-alcohol motifs (C(OH)–C–C–N with tert-alkyl or cyclic N) is 1. The number of amides is 1. The highest BCUT2D eigenvalue weighted by atomic mass is 35.5. The van der Waals surface area contributed by atoms with Crippen molar-refractivity contribution in [2.24, 2.45) is 5.92 Å². The first-order valence-corrected chi connectivity index (χ1v) is 11.9. The van der Waals surface area contributed by atoms with Crippen molar-refractivity contribution in [2.75, 3.05) is 57.9 Å². The van der Waals surface area contributed by atoms with Crippen LogP contribution in [-0.4, -0.2) is 82.6 Å². The first kappa shape index (κ1) is 22.9. The van der Waals surface area contributed by atoms with Gasteiger partial charge in [0.1, 0.15) is 18.2 Å². The van der Waals surface area contributed by atoms with E-state index >= 15 is 0 Å². The fourth-order valence-corrected chi connectivity index (χ4v) is 4.22. The molecule has 0 unspecified atom stereocenters. The van der Waals surface area contributed by atoms with Gasteiger partial charge >= 0.3 is 0 Å². The maximum atomic E-state index is 12.7. The van der Waals surface area contributed by atoms with Gasteiger partial charge in [0, 0.05) is 32.1 Å². The first-order chi connectivity index (χ1) is 14.2. The molecule has 30 heavy (non-hydrogen) atoms. The zero-order valence-electron chi connectivity index (χ0n) is 16.7. The molecule has 10 nitrogen and oxygen atoms in total.